The number of ether oxygens (including phenoxy) is 2. The first-order valence-corrected chi connectivity index (χ1v) is 11.9. The lowest BCUT2D eigenvalue weighted by atomic mass is 10.1. The Balaban J connectivity index is 1.46. The second-order valence-electron chi connectivity index (χ2n) is 8.61. The predicted octanol–water partition coefficient (Wildman–Crippen LogP) is 5.08. The van der Waals surface area contributed by atoms with Crippen LogP contribution >= 0.6 is 11.6 Å². The van der Waals surface area contributed by atoms with Crippen molar-refractivity contribution in [3.8, 4) is 11.5 Å². The molecule has 3 aromatic rings. The van der Waals surface area contributed by atoms with Crippen molar-refractivity contribution in [2.45, 2.75) is 20.5 Å². The summed E-state index contributed by atoms with van der Waals surface area (Å²) in [7, 11) is 1.49. The molecule has 0 saturated carbocycles. The van der Waals surface area contributed by atoms with E-state index in [9.17, 15) is 14.4 Å². The van der Waals surface area contributed by atoms with Crippen LogP contribution in [0.3, 0.4) is 0 Å². The number of nitrogens with zero attached hydrogens (tertiary/aromatic N) is 1. The van der Waals surface area contributed by atoms with E-state index in [1.165, 1.54) is 13.2 Å². The third kappa shape index (κ3) is 6.29. The Hall–Kier alpha value is -4.30. The number of amides is 4. The summed E-state index contributed by atoms with van der Waals surface area (Å²) >= 11 is 6.48. The number of benzene rings is 3. The van der Waals surface area contributed by atoms with Gasteiger partial charge in [-0.3, -0.25) is 9.59 Å². The molecule has 1 aliphatic heterocycles. The number of aryl methyl sites for hydroxylation is 2. The van der Waals surface area contributed by atoms with Gasteiger partial charge in [0.25, 0.3) is 5.91 Å². The molecule has 0 aliphatic carbocycles. The van der Waals surface area contributed by atoms with Crippen molar-refractivity contribution < 1.29 is 23.9 Å². The minimum atomic E-state index is -0.688. The molecule has 1 fully saturated rings. The molecule has 1 aliphatic rings. The van der Waals surface area contributed by atoms with Gasteiger partial charge in [0, 0.05) is 5.69 Å². The summed E-state index contributed by atoms with van der Waals surface area (Å²) in [6, 6.07) is 17.7. The van der Waals surface area contributed by atoms with Gasteiger partial charge in [-0.05, 0) is 55.3 Å². The quantitative estimate of drug-likeness (QED) is 0.320. The van der Waals surface area contributed by atoms with Gasteiger partial charge in [0.15, 0.2) is 11.5 Å². The molecule has 3 aromatic carbocycles. The van der Waals surface area contributed by atoms with Crippen LogP contribution in [0.25, 0.3) is 6.08 Å². The number of hydrogen-bond acceptors (Lipinski definition) is 5. The highest BCUT2D eigenvalue weighted by atomic mass is 35.5. The smallest absolute Gasteiger partial charge is 0.329 e. The van der Waals surface area contributed by atoms with Gasteiger partial charge in [0.1, 0.15) is 18.8 Å². The minimum Gasteiger partial charge on any atom is -0.493 e. The molecule has 4 rings (SSSR count). The van der Waals surface area contributed by atoms with Crippen LogP contribution in [0.15, 0.2) is 66.4 Å². The summed E-state index contributed by atoms with van der Waals surface area (Å²) < 4.78 is 11.4. The summed E-state index contributed by atoms with van der Waals surface area (Å²) in [4.78, 5) is 38.5. The molecule has 0 unspecified atom stereocenters. The fraction of sp³-hybridized carbons (Fsp3) is 0.179. The lowest BCUT2D eigenvalue weighted by molar-refractivity contribution is -0.127. The second-order valence-corrected chi connectivity index (χ2v) is 9.01. The molecule has 190 valence electrons. The number of imide groups is 1. The topological polar surface area (TPSA) is 97.0 Å². The molecule has 0 radical (unpaired) electrons. The first kappa shape index (κ1) is 25.8. The molecule has 37 heavy (non-hydrogen) atoms. The average Bonchev–Trinajstić information content (AvgIpc) is 3.11. The van der Waals surface area contributed by atoms with Crippen molar-refractivity contribution in [2.24, 2.45) is 0 Å². The third-order valence-electron chi connectivity index (χ3n) is 5.63. The van der Waals surface area contributed by atoms with Crippen molar-refractivity contribution >= 4 is 41.2 Å². The van der Waals surface area contributed by atoms with E-state index in [2.05, 4.69) is 10.6 Å². The number of carbonyl (C=O) groups is 3. The van der Waals surface area contributed by atoms with Gasteiger partial charge >= 0.3 is 6.03 Å². The molecular weight excluding hydrogens is 494 g/mol. The maximum absolute atomic E-state index is 12.9. The van der Waals surface area contributed by atoms with E-state index in [0.29, 0.717) is 29.4 Å². The summed E-state index contributed by atoms with van der Waals surface area (Å²) in [6.45, 7) is 3.81. The molecular formula is C28H26ClN3O5. The Kier molecular flexibility index (Phi) is 7.79. The van der Waals surface area contributed by atoms with Gasteiger partial charge in [-0.25, -0.2) is 9.69 Å². The van der Waals surface area contributed by atoms with E-state index in [1.807, 2.05) is 50.2 Å². The van der Waals surface area contributed by atoms with E-state index in [4.69, 9.17) is 21.1 Å². The number of anilines is 1. The van der Waals surface area contributed by atoms with Crippen LogP contribution in [0, 0.1) is 13.8 Å². The molecule has 2 N–H and O–H groups in total. The molecule has 0 spiro atoms. The third-order valence-corrected chi connectivity index (χ3v) is 5.91. The standard InChI is InChI=1S/C28H26ClN3O5/c1-17-7-9-21(10-8-17)30-25(33)15-32-27(34)23(31-28(32)35)13-20-12-22(29)26(24(14-20)36-3)37-16-19-6-4-5-18(2)11-19/h4-14H,15-16H2,1-3H3,(H,30,33)(H,31,35)/b23-13+. The minimum absolute atomic E-state index is 0.0136. The second kappa shape index (κ2) is 11.2. The lowest BCUT2D eigenvalue weighted by Crippen LogP contribution is -2.38. The molecule has 0 aromatic heterocycles. The van der Waals surface area contributed by atoms with E-state index >= 15 is 0 Å². The van der Waals surface area contributed by atoms with Crippen LogP contribution in [-0.2, 0) is 16.2 Å². The van der Waals surface area contributed by atoms with Crippen LogP contribution in [0.2, 0.25) is 5.02 Å². The highest BCUT2D eigenvalue weighted by molar-refractivity contribution is 6.32. The van der Waals surface area contributed by atoms with Crippen molar-refractivity contribution in [3.05, 3.63) is 93.6 Å². The molecule has 9 heteroatoms. The number of urea groups is 1. The predicted molar refractivity (Wildman–Crippen MR) is 142 cm³/mol. The number of carbonyl (C=O) groups excluding carboxylic acids is 3. The Bertz CT molecular complexity index is 1390. The number of hydrogen-bond donors (Lipinski definition) is 2. The SMILES string of the molecule is COc1cc(/C=C2/NC(=O)N(CC(=O)Nc3ccc(C)cc3)C2=O)cc(Cl)c1OCc1cccc(C)c1. The van der Waals surface area contributed by atoms with Crippen LogP contribution in [0.4, 0.5) is 10.5 Å². The largest absolute Gasteiger partial charge is 0.493 e. The van der Waals surface area contributed by atoms with Gasteiger partial charge in [0.05, 0.1) is 12.1 Å². The zero-order chi connectivity index (χ0) is 26.5. The van der Waals surface area contributed by atoms with E-state index < -0.39 is 24.4 Å². The Labute approximate surface area is 219 Å². The highest BCUT2D eigenvalue weighted by Gasteiger charge is 2.35. The van der Waals surface area contributed by atoms with Crippen molar-refractivity contribution in [2.75, 3.05) is 19.0 Å². The zero-order valence-corrected chi connectivity index (χ0v) is 21.4. The normalized spacial score (nSPS) is 14.1. The van der Waals surface area contributed by atoms with Gasteiger partial charge in [0.2, 0.25) is 5.91 Å². The maximum Gasteiger partial charge on any atom is 0.329 e. The molecule has 8 nitrogen and oxygen atoms in total. The monoisotopic (exact) mass is 519 g/mol. The van der Waals surface area contributed by atoms with Crippen LogP contribution in [0.5, 0.6) is 11.5 Å². The fourth-order valence-corrected chi connectivity index (χ4v) is 4.06. The molecule has 0 atom stereocenters. The molecule has 4 amide bonds. The van der Waals surface area contributed by atoms with Gasteiger partial charge in [-0.15, -0.1) is 0 Å². The van der Waals surface area contributed by atoms with Gasteiger partial charge in [-0.1, -0.05) is 59.1 Å². The first-order valence-electron chi connectivity index (χ1n) is 11.5. The Morgan fingerprint density at radius 3 is 2.51 bits per heavy atom. The van der Waals surface area contributed by atoms with Crippen LogP contribution in [-0.4, -0.2) is 36.4 Å². The summed E-state index contributed by atoms with van der Waals surface area (Å²) in [5.74, 6) is -0.380. The van der Waals surface area contributed by atoms with E-state index in [-0.39, 0.29) is 10.7 Å². The molecule has 1 saturated heterocycles. The molecule has 0 bridgehead atoms. The maximum atomic E-state index is 12.9. The Morgan fingerprint density at radius 2 is 1.81 bits per heavy atom. The first-order chi connectivity index (χ1) is 17.7. The average molecular weight is 520 g/mol. The Morgan fingerprint density at radius 1 is 1.05 bits per heavy atom. The van der Waals surface area contributed by atoms with Crippen molar-refractivity contribution in [1.29, 1.82) is 0 Å². The summed E-state index contributed by atoms with van der Waals surface area (Å²) in [5, 5.41) is 5.47. The molecule has 1 heterocycles. The van der Waals surface area contributed by atoms with Crippen LogP contribution in [0.1, 0.15) is 22.3 Å². The summed E-state index contributed by atoms with van der Waals surface area (Å²) in [5.41, 5.74) is 4.24. The van der Waals surface area contributed by atoms with Gasteiger partial charge in [-0.2, -0.15) is 0 Å². The van der Waals surface area contributed by atoms with Crippen molar-refractivity contribution in [3.63, 3.8) is 0 Å². The summed E-state index contributed by atoms with van der Waals surface area (Å²) in [6.07, 6.45) is 1.47. The van der Waals surface area contributed by atoms with E-state index in [0.717, 1.165) is 21.6 Å². The van der Waals surface area contributed by atoms with Crippen molar-refractivity contribution in [1.82, 2.24) is 10.2 Å². The van der Waals surface area contributed by atoms with Crippen LogP contribution < -0.4 is 20.1 Å². The fourth-order valence-electron chi connectivity index (χ4n) is 3.78. The van der Waals surface area contributed by atoms with Gasteiger partial charge < -0.3 is 20.1 Å². The lowest BCUT2D eigenvalue weighted by Gasteiger charge is -2.14. The highest BCUT2D eigenvalue weighted by Crippen LogP contribution is 2.37. The number of methoxy groups -OCH3 is 1. The number of rotatable bonds is 8. The van der Waals surface area contributed by atoms with E-state index in [1.54, 1.807) is 24.3 Å². The number of halogens is 1. The zero-order valence-electron chi connectivity index (χ0n) is 20.6. The number of nitrogens with one attached hydrogen (secondary N) is 2.